The van der Waals surface area contributed by atoms with Crippen LogP contribution < -0.4 is 11.1 Å². The van der Waals surface area contributed by atoms with E-state index in [1.54, 1.807) is 0 Å². The Morgan fingerprint density at radius 2 is 1.81 bits per heavy atom. The molecule has 0 aromatic carbocycles. The molecule has 3 nitrogen and oxygen atoms in total. The van der Waals surface area contributed by atoms with Crippen molar-refractivity contribution in [2.24, 2.45) is 17.1 Å². The molecule has 0 saturated carbocycles. The van der Waals surface area contributed by atoms with Gasteiger partial charge in [-0.05, 0) is 30.7 Å². The van der Waals surface area contributed by atoms with E-state index in [4.69, 9.17) is 5.73 Å². The molecule has 16 heavy (non-hydrogen) atoms. The topological polar surface area (TPSA) is 55.1 Å². The molecular weight excluding hydrogens is 200 g/mol. The Morgan fingerprint density at radius 1 is 1.25 bits per heavy atom. The van der Waals surface area contributed by atoms with Gasteiger partial charge in [0.15, 0.2) is 0 Å². The molecule has 1 unspecified atom stereocenters. The summed E-state index contributed by atoms with van der Waals surface area (Å²) in [5, 5.41) is 3.09. The molecule has 3 N–H and O–H groups in total. The van der Waals surface area contributed by atoms with E-state index in [1.165, 1.54) is 0 Å². The van der Waals surface area contributed by atoms with E-state index >= 15 is 0 Å². The first-order valence-electron chi connectivity index (χ1n) is 6.26. The second-order valence-corrected chi connectivity index (χ2v) is 6.00. The third-order valence-electron chi connectivity index (χ3n) is 2.78. The van der Waals surface area contributed by atoms with Crippen molar-refractivity contribution in [2.75, 3.05) is 6.54 Å². The maximum Gasteiger partial charge on any atom is 0.220 e. The number of nitrogens with one attached hydrogen (secondary N) is 1. The van der Waals surface area contributed by atoms with Crippen molar-refractivity contribution >= 4 is 5.91 Å². The predicted molar refractivity (Wildman–Crippen MR) is 69.1 cm³/mol. The highest BCUT2D eigenvalue weighted by Gasteiger charge is 2.25. The van der Waals surface area contributed by atoms with Gasteiger partial charge in [-0.1, -0.05) is 34.6 Å². The number of hydrogen-bond acceptors (Lipinski definition) is 2. The zero-order chi connectivity index (χ0) is 12.8. The molecule has 1 amide bonds. The second-order valence-electron chi connectivity index (χ2n) is 6.00. The lowest BCUT2D eigenvalue weighted by molar-refractivity contribution is -0.122. The Morgan fingerprint density at radius 3 is 2.19 bits per heavy atom. The van der Waals surface area contributed by atoms with Gasteiger partial charge >= 0.3 is 0 Å². The minimum absolute atomic E-state index is 0.0763. The molecule has 0 radical (unpaired) electrons. The van der Waals surface area contributed by atoms with Crippen LogP contribution in [0.15, 0.2) is 0 Å². The van der Waals surface area contributed by atoms with E-state index in [2.05, 4.69) is 39.9 Å². The van der Waals surface area contributed by atoms with Gasteiger partial charge in [-0.25, -0.2) is 0 Å². The summed E-state index contributed by atoms with van der Waals surface area (Å²) in [6, 6.07) is 0.178. The van der Waals surface area contributed by atoms with E-state index in [9.17, 15) is 4.79 Å². The van der Waals surface area contributed by atoms with Gasteiger partial charge in [0.1, 0.15) is 0 Å². The molecule has 0 heterocycles. The van der Waals surface area contributed by atoms with Crippen molar-refractivity contribution < 1.29 is 4.79 Å². The van der Waals surface area contributed by atoms with E-state index in [-0.39, 0.29) is 17.4 Å². The molecule has 1 atom stereocenters. The van der Waals surface area contributed by atoms with E-state index in [1.807, 2.05) is 0 Å². The summed E-state index contributed by atoms with van der Waals surface area (Å²) in [5.41, 5.74) is 5.65. The summed E-state index contributed by atoms with van der Waals surface area (Å²) in [4.78, 5) is 11.7. The smallest absolute Gasteiger partial charge is 0.220 e. The molecule has 0 fully saturated rings. The third-order valence-corrected chi connectivity index (χ3v) is 2.78. The van der Waals surface area contributed by atoms with E-state index in [0.29, 0.717) is 18.9 Å². The number of rotatable bonds is 6. The lowest BCUT2D eigenvalue weighted by Gasteiger charge is -2.31. The maximum absolute atomic E-state index is 11.7. The van der Waals surface area contributed by atoms with Crippen molar-refractivity contribution in [1.29, 1.82) is 0 Å². The lowest BCUT2D eigenvalue weighted by atomic mass is 9.84. The van der Waals surface area contributed by atoms with Crippen LogP contribution in [0.2, 0.25) is 0 Å². The monoisotopic (exact) mass is 228 g/mol. The van der Waals surface area contributed by atoms with Crippen molar-refractivity contribution in [3.05, 3.63) is 0 Å². The molecule has 0 aliphatic heterocycles. The van der Waals surface area contributed by atoms with Crippen molar-refractivity contribution in [3.8, 4) is 0 Å². The zero-order valence-electron chi connectivity index (χ0n) is 11.5. The van der Waals surface area contributed by atoms with Gasteiger partial charge in [0, 0.05) is 12.5 Å². The van der Waals surface area contributed by atoms with Crippen LogP contribution in [0.3, 0.4) is 0 Å². The quantitative estimate of drug-likeness (QED) is 0.733. The number of nitrogens with two attached hydrogens (primary N) is 1. The largest absolute Gasteiger partial charge is 0.353 e. The van der Waals surface area contributed by atoms with Gasteiger partial charge in [-0.3, -0.25) is 4.79 Å². The highest BCUT2D eigenvalue weighted by molar-refractivity contribution is 5.76. The van der Waals surface area contributed by atoms with Crippen LogP contribution in [-0.2, 0) is 4.79 Å². The van der Waals surface area contributed by atoms with Crippen LogP contribution in [0, 0.1) is 11.3 Å². The van der Waals surface area contributed by atoms with E-state index < -0.39 is 0 Å². The first-order chi connectivity index (χ1) is 7.27. The Hall–Kier alpha value is -0.570. The summed E-state index contributed by atoms with van der Waals surface area (Å²) in [6.45, 7) is 11.3. The van der Waals surface area contributed by atoms with Gasteiger partial charge in [-0.2, -0.15) is 0 Å². The van der Waals surface area contributed by atoms with Crippen LogP contribution in [0.25, 0.3) is 0 Å². The maximum atomic E-state index is 11.7. The molecule has 0 aliphatic rings. The normalized spacial score (nSPS) is 13.9. The molecule has 0 rings (SSSR count). The fourth-order valence-corrected chi connectivity index (χ4v) is 1.57. The predicted octanol–water partition coefficient (Wildman–Crippen LogP) is 2.30. The molecule has 3 heteroatoms. The average Bonchev–Trinajstić information content (AvgIpc) is 2.12. The highest BCUT2D eigenvalue weighted by atomic mass is 16.1. The molecule has 0 saturated heterocycles. The second kappa shape index (κ2) is 6.89. The Balaban J connectivity index is 4.14. The van der Waals surface area contributed by atoms with E-state index in [0.717, 1.165) is 12.8 Å². The van der Waals surface area contributed by atoms with Gasteiger partial charge in [0.05, 0.1) is 0 Å². The lowest BCUT2D eigenvalue weighted by Crippen LogP contribution is -2.44. The minimum atomic E-state index is 0.0763. The highest BCUT2D eigenvalue weighted by Crippen LogP contribution is 2.21. The summed E-state index contributed by atoms with van der Waals surface area (Å²) in [7, 11) is 0. The van der Waals surface area contributed by atoms with Crippen LogP contribution in [0.1, 0.15) is 53.9 Å². The minimum Gasteiger partial charge on any atom is -0.353 e. The Kier molecular flexibility index (Phi) is 6.65. The van der Waals surface area contributed by atoms with Crippen LogP contribution in [0.5, 0.6) is 0 Å². The molecular formula is C13H28N2O. The standard InChI is InChI=1S/C13H28N2O/c1-10(2)6-7-12(16)15-11(8-9-14)13(3,4)5/h10-11H,6-9,14H2,1-5H3,(H,15,16). The first-order valence-corrected chi connectivity index (χ1v) is 6.26. The van der Waals surface area contributed by atoms with Gasteiger partial charge in [-0.15, -0.1) is 0 Å². The molecule has 0 aliphatic carbocycles. The van der Waals surface area contributed by atoms with Crippen molar-refractivity contribution in [2.45, 2.75) is 59.9 Å². The Labute approximate surface area is 100 Å². The van der Waals surface area contributed by atoms with Crippen molar-refractivity contribution in [3.63, 3.8) is 0 Å². The molecule has 0 bridgehead atoms. The molecule has 0 aromatic rings. The summed E-state index contributed by atoms with van der Waals surface area (Å²) < 4.78 is 0. The fraction of sp³-hybridized carbons (Fsp3) is 0.923. The Bertz CT molecular complexity index is 206. The zero-order valence-corrected chi connectivity index (χ0v) is 11.5. The van der Waals surface area contributed by atoms with Gasteiger partial charge in [0.2, 0.25) is 5.91 Å². The summed E-state index contributed by atoms with van der Waals surface area (Å²) in [5.74, 6) is 0.732. The van der Waals surface area contributed by atoms with Gasteiger partial charge < -0.3 is 11.1 Å². The third kappa shape index (κ3) is 6.83. The van der Waals surface area contributed by atoms with Gasteiger partial charge in [0.25, 0.3) is 0 Å². The molecule has 96 valence electrons. The average molecular weight is 228 g/mol. The number of amides is 1. The van der Waals surface area contributed by atoms with Crippen LogP contribution in [0.4, 0.5) is 0 Å². The fourth-order valence-electron chi connectivity index (χ4n) is 1.57. The van der Waals surface area contributed by atoms with Crippen LogP contribution >= 0.6 is 0 Å². The number of carbonyl (C=O) groups excluding carboxylic acids is 1. The summed E-state index contributed by atoms with van der Waals surface area (Å²) >= 11 is 0. The van der Waals surface area contributed by atoms with Crippen LogP contribution in [-0.4, -0.2) is 18.5 Å². The molecule has 0 aromatic heterocycles. The first kappa shape index (κ1) is 15.4. The molecule has 0 spiro atoms. The number of hydrogen-bond donors (Lipinski definition) is 2. The summed E-state index contributed by atoms with van der Waals surface area (Å²) in [6.07, 6.45) is 2.41. The SMILES string of the molecule is CC(C)CCC(=O)NC(CCN)C(C)(C)C. The van der Waals surface area contributed by atoms with Crippen molar-refractivity contribution in [1.82, 2.24) is 5.32 Å². The number of carbonyl (C=O) groups is 1.